The normalized spacial score (nSPS) is 44.2. The van der Waals surface area contributed by atoms with Gasteiger partial charge in [-0.1, -0.05) is 6.42 Å². The van der Waals surface area contributed by atoms with Crippen LogP contribution in [0.5, 0.6) is 0 Å². The lowest BCUT2D eigenvalue weighted by molar-refractivity contribution is 0.206. The van der Waals surface area contributed by atoms with Crippen molar-refractivity contribution in [3.8, 4) is 0 Å². The molecule has 15 heavy (non-hydrogen) atoms. The summed E-state index contributed by atoms with van der Waals surface area (Å²) in [6, 6.07) is 0. The number of hydrogen-bond acceptors (Lipinski definition) is 2. The molecular weight excluding hydrogens is 184 g/mol. The molecule has 0 spiro atoms. The predicted molar refractivity (Wildman–Crippen MR) is 60.2 cm³/mol. The summed E-state index contributed by atoms with van der Waals surface area (Å²) in [7, 11) is 0. The van der Waals surface area contributed by atoms with Crippen molar-refractivity contribution in [2.24, 2.45) is 23.5 Å². The second-order valence-corrected chi connectivity index (χ2v) is 6.56. The third-order valence-electron chi connectivity index (χ3n) is 5.38. The lowest BCUT2D eigenvalue weighted by Gasteiger charge is -2.36. The predicted octanol–water partition coefficient (Wildman–Crippen LogP) is 1.99. The molecule has 0 aromatic heterocycles. The van der Waals surface area contributed by atoms with Gasteiger partial charge in [0.1, 0.15) is 0 Å². The molecule has 0 heterocycles. The Hall–Kier alpha value is -0.0800. The first-order valence-electron chi connectivity index (χ1n) is 6.81. The van der Waals surface area contributed by atoms with Crippen LogP contribution in [0.15, 0.2) is 0 Å². The zero-order valence-electron chi connectivity index (χ0n) is 9.47. The molecule has 2 heteroatoms. The van der Waals surface area contributed by atoms with Gasteiger partial charge in [0.15, 0.2) is 0 Å². The van der Waals surface area contributed by atoms with Crippen molar-refractivity contribution in [3.63, 3.8) is 0 Å². The van der Waals surface area contributed by atoms with Crippen molar-refractivity contribution < 1.29 is 0 Å². The maximum absolute atomic E-state index is 6.69. The van der Waals surface area contributed by atoms with Crippen LogP contribution < -0.4 is 11.1 Å². The molecule has 0 aromatic rings. The summed E-state index contributed by atoms with van der Waals surface area (Å²) in [5, 5.41) is 3.94. The van der Waals surface area contributed by atoms with E-state index in [1.807, 2.05) is 0 Å². The highest BCUT2D eigenvalue weighted by Gasteiger charge is 2.63. The summed E-state index contributed by atoms with van der Waals surface area (Å²) in [4.78, 5) is 0. The molecule has 0 bridgehead atoms. The van der Waals surface area contributed by atoms with Crippen LogP contribution in [0.25, 0.3) is 0 Å². The Morgan fingerprint density at radius 3 is 2.13 bits per heavy atom. The summed E-state index contributed by atoms with van der Waals surface area (Å²) < 4.78 is 0. The molecule has 0 aromatic carbocycles. The molecule has 3 N–H and O–H groups in total. The largest absolute Gasteiger partial charge is 0.313 e. The zero-order chi connectivity index (χ0) is 10.1. The molecular formula is C13H22N2. The highest BCUT2D eigenvalue weighted by molar-refractivity contribution is 5.19. The minimum absolute atomic E-state index is 0.0408. The summed E-state index contributed by atoms with van der Waals surface area (Å²) in [6.07, 6.45) is 11.2. The molecule has 4 fully saturated rings. The first kappa shape index (κ1) is 9.00. The molecule has 2 unspecified atom stereocenters. The van der Waals surface area contributed by atoms with Crippen LogP contribution in [0.4, 0.5) is 0 Å². The van der Waals surface area contributed by atoms with Gasteiger partial charge in [0.2, 0.25) is 0 Å². The Morgan fingerprint density at radius 1 is 1.07 bits per heavy atom. The van der Waals surface area contributed by atoms with Crippen molar-refractivity contribution in [2.75, 3.05) is 0 Å². The number of fused-ring (bicyclic) bond motifs is 1. The van der Waals surface area contributed by atoms with E-state index in [1.54, 1.807) is 0 Å². The van der Waals surface area contributed by atoms with Crippen LogP contribution in [-0.4, -0.2) is 11.2 Å². The summed E-state index contributed by atoms with van der Waals surface area (Å²) in [5.41, 5.74) is 7.24. The SMILES string of the molecule is NC(NC12CCCC1C2)(C1CC1)C1CC1. The number of nitrogens with one attached hydrogen (secondary N) is 1. The molecule has 4 aliphatic rings. The lowest BCUT2D eigenvalue weighted by Crippen LogP contribution is -2.61. The highest BCUT2D eigenvalue weighted by atomic mass is 15.2. The molecule has 0 amide bonds. The van der Waals surface area contributed by atoms with Crippen LogP contribution in [0.2, 0.25) is 0 Å². The fraction of sp³-hybridized carbons (Fsp3) is 1.00. The van der Waals surface area contributed by atoms with Gasteiger partial charge in [-0.15, -0.1) is 0 Å². The lowest BCUT2D eigenvalue weighted by atomic mass is 9.96. The summed E-state index contributed by atoms with van der Waals surface area (Å²) >= 11 is 0. The number of nitrogens with two attached hydrogens (primary N) is 1. The maximum Gasteiger partial charge on any atom is 0.0724 e. The van der Waals surface area contributed by atoms with E-state index in [4.69, 9.17) is 5.73 Å². The standard InChI is InChI=1S/C13H22N2/c14-13(9-3-4-9,10-5-6-10)15-12-7-1-2-11(12)8-12/h9-11,15H,1-8,14H2. The monoisotopic (exact) mass is 206 g/mol. The van der Waals surface area contributed by atoms with Crippen molar-refractivity contribution in [1.29, 1.82) is 0 Å². The summed E-state index contributed by atoms with van der Waals surface area (Å²) in [5.74, 6) is 2.60. The smallest absolute Gasteiger partial charge is 0.0724 e. The van der Waals surface area contributed by atoms with Crippen LogP contribution in [0.1, 0.15) is 51.4 Å². The van der Waals surface area contributed by atoms with E-state index in [2.05, 4.69) is 5.32 Å². The van der Waals surface area contributed by atoms with Gasteiger partial charge in [0.05, 0.1) is 5.66 Å². The zero-order valence-corrected chi connectivity index (χ0v) is 9.47. The second-order valence-electron chi connectivity index (χ2n) is 6.56. The van der Waals surface area contributed by atoms with Crippen molar-refractivity contribution >= 4 is 0 Å². The Balaban J connectivity index is 1.54. The Kier molecular flexibility index (Phi) is 1.56. The van der Waals surface area contributed by atoms with Crippen molar-refractivity contribution in [1.82, 2.24) is 5.32 Å². The third-order valence-corrected chi connectivity index (χ3v) is 5.38. The van der Waals surface area contributed by atoms with E-state index in [0.29, 0.717) is 5.54 Å². The average Bonchev–Trinajstić information content (AvgIpc) is 3.09. The van der Waals surface area contributed by atoms with Gasteiger partial charge in [0, 0.05) is 5.54 Å². The van der Waals surface area contributed by atoms with Crippen LogP contribution >= 0.6 is 0 Å². The molecule has 84 valence electrons. The minimum atomic E-state index is 0.0408. The first-order valence-corrected chi connectivity index (χ1v) is 6.81. The molecule has 2 atom stereocenters. The fourth-order valence-corrected chi connectivity index (χ4v) is 4.04. The van der Waals surface area contributed by atoms with Crippen LogP contribution in [0, 0.1) is 17.8 Å². The Labute approximate surface area is 92.0 Å². The fourth-order valence-electron chi connectivity index (χ4n) is 4.04. The second kappa shape index (κ2) is 2.60. The Morgan fingerprint density at radius 2 is 1.73 bits per heavy atom. The molecule has 0 saturated heterocycles. The minimum Gasteiger partial charge on any atom is -0.313 e. The van der Waals surface area contributed by atoms with Gasteiger partial charge >= 0.3 is 0 Å². The molecule has 4 rings (SSSR count). The molecule has 2 nitrogen and oxygen atoms in total. The quantitative estimate of drug-likeness (QED) is 0.690. The van der Waals surface area contributed by atoms with E-state index >= 15 is 0 Å². The molecule has 4 aliphatic carbocycles. The van der Waals surface area contributed by atoms with E-state index < -0.39 is 0 Å². The highest BCUT2D eigenvalue weighted by Crippen LogP contribution is 2.59. The molecule has 4 saturated carbocycles. The van der Waals surface area contributed by atoms with E-state index in [9.17, 15) is 0 Å². The number of rotatable bonds is 4. The Bertz CT molecular complexity index is 281. The third kappa shape index (κ3) is 1.24. The molecule has 0 radical (unpaired) electrons. The maximum atomic E-state index is 6.69. The average molecular weight is 206 g/mol. The van der Waals surface area contributed by atoms with Gasteiger partial charge < -0.3 is 5.73 Å². The number of hydrogen-bond donors (Lipinski definition) is 2. The summed E-state index contributed by atoms with van der Waals surface area (Å²) in [6.45, 7) is 0. The van der Waals surface area contributed by atoms with Gasteiger partial charge in [0.25, 0.3) is 0 Å². The van der Waals surface area contributed by atoms with Crippen LogP contribution in [-0.2, 0) is 0 Å². The van der Waals surface area contributed by atoms with Gasteiger partial charge in [-0.2, -0.15) is 0 Å². The topological polar surface area (TPSA) is 38.0 Å². The van der Waals surface area contributed by atoms with E-state index in [1.165, 1.54) is 51.4 Å². The van der Waals surface area contributed by atoms with E-state index in [0.717, 1.165) is 17.8 Å². The molecule has 0 aliphatic heterocycles. The van der Waals surface area contributed by atoms with Gasteiger partial charge in [-0.05, 0) is 62.7 Å². The van der Waals surface area contributed by atoms with Gasteiger partial charge in [-0.3, -0.25) is 5.32 Å². The van der Waals surface area contributed by atoms with Crippen molar-refractivity contribution in [3.05, 3.63) is 0 Å². The van der Waals surface area contributed by atoms with Gasteiger partial charge in [-0.25, -0.2) is 0 Å². The van der Waals surface area contributed by atoms with E-state index in [-0.39, 0.29) is 5.66 Å². The van der Waals surface area contributed by atoms with Crippen molar-refractivity contribution in [2.45, 2.75) is 62.6 Å². The first-order chi connectivity index (χ1) is 7.23. The van der Waals surface area contributed by atoms with Crippen LogP contribution in [0.3, 0.4) is 0 Å².